The first kappa shape index (κ1) is 19.8. The molecule has 3 rings (SSSR count). The summed E-state index contributed by atoms with van der Waals surface area (Å²) in [5.74, 6) is -0.642. The van der Waals surface area contributed by atoms with E-state index in [1.807, 2.05) is 18.2 Å². The zero-order valence-electron chi connectivity index (χ0n) is 15.9. The van der Waals surface area contributed by atoms with Gasteiger partial charge in [-0.05, 0) is 43.7 Å². The molecule has 0 saturated carbocycles. The maximum atomic E-state index is 13.1. The number of rotatable bonds is 5. The molecular formula is C21H21NO5S. The van der Waals surface area contributed by atoms with Gasteiger partial charge in [0.05, 0.1) is 17.0 Å². The fourth-order valence-electron chi connectivity index (χ4n) is 3.21. The average Bonchev–Trinajstić information content (AvgIpc) is 2.65. The second-order valence-corrected chi connectivity index (χ2v) is 8.55. The van der Waals surface area contributed by atoms with Crippen LogP contribution >= 0.6 is 0 Å². The van der Waals surface area contributed by atoms with Gasteiger partial charge in [-0.2, -0.15) is 0 Å². The summed E-state index contributed by atoms with van der Waals surface area (Å²) in [5, 5.41) is 0. The Morgan fingerprint density at radius 2 is 1.79 bits per heavy atom. The van der Waals surface area contributed by atoms with Crippen molar-refractivity contribution in [3.63, 3.8) is 0 Å². The summed E-state index contributed by atoms with van der Waals surface area (Å²) in [4.78, 5) is 25.7. The number of fused-ring (bicyclic) bond motifs is 1. The quantitative estimate of drug-likeness (QED) is 0.616. The molecule has 0 aliphatic carbocycles. The van der Waals surface area contributed by atoms with E-state index in [2.05, 4.69) is 0 Å². The van der Waals surface area contributed by atoms with Crippen LogP contribution in [0.5, 0.6) is 0 Å². The van der Waals surface area contributed by atoms with Gasteiger partial charge >= 0.3 is 5.97 Å². The van der Waals surface area contributed by atoms with Crippen molar-refractivity contribution in [3.05, 3.63) is 81.3 Å². The molecule has 0 radical (unpaired) electrons. The number of carbonyl (C=O) groups is 1. The lowest BCUT2D eigenvalue weighted by atomic mass is 10.00. The molecule has 146 valence electrons. The number of ether oxygens (including phenoxy) is 1. The summed E-state index contributed by atoms with van der Waals surface area (Å²) in [5.41, 5.74) is 2.11. The lowest BCUT2D eigenvalue weighted by molar-refractivity contribution is 0.0523. The van der Waals surface area contributed by atoms with Gasteiger partial charge in [-0.1, -0.05) is 18.2 Å². The Morgan fingerprint density at radius 1 is 1.11 bits per heavy atom. The molecule has 0 aliphatic rings. The minimum atomic E-state index is -3.29. The molecule has 0 unspecified atom stereocenters. The predicted octanol–water partition coefficient (Wildman–Crippen LogP) is 2.78. The Kier molecular flexibility index (Phi) is 5.38. The number of sulfone groups is 1. The van der Waals surface area contributed by atoms with Crippen LogP contribution in [0.2, 0.25) is 0 Å². The second kappa shape index (κ2) is 7.59. The molecule has 0 aliphatic heterocycles. The molecular weight excluding hydrogens is 378 g/mol. The van der Waals surface area contributed by atoms with Crippen molar-refractivity contribution in [2.75, 3.05) is 12.9 Å². The molecule has 2 aromatic heterocycles. The summed E-state index contributed by atoms with van der Waals surface area (Å²) < 4.78 is 30.2. The van der Waals surface area contributed by atoms with Gasteiger partial charge in [-0.25, -0.2) is 13.2 Å². The van der Waals surface area contributed by atoms with Crippen molar-refractivity contribution in [2.45, 2.75) is 25.2 Å². The van der Waals surface area contributed by atoms with Gasteiger partial charge < -0.3 is 9.14 Å². The number of carbonyl (C=O) groups excluding carboxylic acids is 1. The molecule has 0 spiro atoms. The molecule has 0 N–H and O–H groups in total. The van der Waals surface area contributed by atoms with E-state index in [0.29, 0.717) is 16.8 Å². The zero-order chi connectivity index (χ0) is 20.5. The Hall–Kier alpha value is -2.93. The molecule has 1 aromatic carbocycles. The second-order valence-electron chi connectivity index (χ2n) is 6.54. The minimum absolute atomic E-state index is 0.0216. The summed E-state index contributed by atoms with van der Waals surface area (Å²) >= 11 is 0. The first-order chi connectivity index (χ1) is 13.2. The molecule has 6 nitrogen and oxygen atoms in total. The number of benzene rings is 1. The van der Waals surface area contributed by atoms with E-state index in [9.17, 15) is 18.0 Å². The zero-order valence-corrected chi connectivity index (χ0v) is 16.7. The van der Waals surface area contributed by atoms with Gasteiger partial charge in [0.25, 0.3) is 0 Å². The number of aromatic nitrogens is 1. The first-order valence-electron chi connectivity index (χ1n) is 8.83. The van der Waals surface area contributed by atoms with E-state index in [0.717, 1.165) is 11.8 Å². The monoisotopic (exact) mass is 399 g/mol. The van der Waals surface area contributed by atoms with Crippen LogP contribution in [0.15, 0.2) is 58.4 Å². The lowest BCUT2D eigenvalue weighted by Gasteiger charge is -2.14. The van der Waals surface area contributed by atoms with Crippen molar-refractivity contribution in [1.29, 1.82) is 0 Å². The molecule has 28 heavy (non-hydrogen) atoms. The van der Waals surface area contributed by atoms with Gasteiger partial charge in [0.2, 0.25) is 5.43 Å². The van der Waals surface area contributed by atoms with Crippen LogP contribution in [0, 0.1) is 6.92 Å². The standard InChI is InChI=1S/C21H21NO5S/c1-4-27-21(24)19-14(2)22-12-6-5-7-18(22)17(20(19)23)13-15-8-10-16(11-9-15)28(3,25)26/h5-12H,4,13H2,1-3H3. The third kappa shape index (κ3) is 3.71. The van der Waals surface area contributed by atoms with Crippen LogP contribution < -0.4 is 5.43 Å². The van der Waals surface area contributed by atoms with Crippen molar-refractivity contribution in [3.8, 4) is 0 Å². The van der Waals surface area contributed by atoms with Crippen molar-refractivity contribution in [2.24, 2.45) is 0 Å². The predicted molar refractivity (Wildman–Crippen MR) is 107 cm³/mol. The van der Waals surface area contributed by atoms with Crippen LogP contribution in [0.4, 0.5) is 0 Å². The van der Waals surface area contributed by atoms with E-state index in [-0.39, 0.29) is 28.9 Å². The maximum Gasteiger partial charge on any atom is 0.343 e. The fourth-order valence-corrected chi connectivity index (χ4v) is 3.84. The number of hydrogen-bond donors (Lipinski definition) is 0. The SMILES string of the molecule is CCOC(=O)c1c(C)n2ccccc2c(Cc2ccc(S(C)(=O)=O)cc2)c1=O. The lowest BCUT2D eigenvalue weighted by Crippen LogP contribution is -2.25. The van der Waals surface area contributed by atoms with E-state index < -0.39 is 15.8 Å². The highest BCUT2D eigenvalue weighted by Gasteiger charge is 2.21. The highest BCUT2D eigenvalue weighted by molar-refractivity contribution is 7.90. The topological polar surface area (TPSA) is 81.9 Å². The number of esters is 1. The van der Waals surface area contributed by atoms with Crippen LogP contribution in [0.1, 0.15) is 34.1 Å². The minimum Gasteiger partial charge on any atom is -0.462 e. The normalized spacial score (nSPS) is 11.5. The number of pyridine rings is 2. The van der Waals surface area contributed by atoms with Gasteiger partial charge in [-0.15, -0.1) is 0 Å². The van der Waals surface area contributed by atoms with Gasteiger partial charge in [-0.3, -0.25) is 4.79 Å². The Bertz CT molecular complexity index is 1210. The highest BCUT2D eigenvalue weighted by Crippen LogP contribution is 2.19. The van der Waals surface area contributed by atoms with Crippen LogP contribution in [-0.4, -0.2) is 31.7 Å². The summed E-state index contributed by atoms with van der Waals surface area (Å²) in [6.45, 7) is 3.58. The molecule has 7 heteroatoms. The Balaban J connectivity index is 2.17. The Morgan fingerprint density at radius 3 is 2.39 bits per heavy atom. The molecule has 0 saturated heterocycles. The van der Waals surface area contributed by atoms with Gasteiger partial charge in [0.1, 0.15) is 5.56 Å². The average molecular weight is 399 g/mol. The molecule has 0 atom stereocenters. The maximum absolute atomic E-state index is 13.1. The summed E-state index contributed by atoms with van der Waals surface area (Å²) in [7, 11) is -3.29. The summed E-state index contributed by atoms with van der Waals surface area (Å²) in [6.07, 6.45) is 3.21. The van der Waals surface area contributed by atoms with Crippen molar-refractivity contribution < 1.29 is 17.9 Å². The molecule has 2 heterocycles. The number of aryl methyl sites for hydroxylation is 1. The van der Waals surface area contributed by atoms with E-state index in [1.54, 1.807) is 36.6 Å². The molecule has 0 fully saturated rings. The fraction of sp³-hybridized carbons (Fsp3) is 0.238. The van der Waals surface area contributed by atoms with E-state index in [4.69, 9.17) is 4.74 Å². The number of nitrogens with zero attached hydrogens (tertiary/aromatic N) is 1. The smallest absolute Gasteiger partial charge is 0.343 e. The highest BCUT2D eigenvalue weighted by atomic mass is 32.2. The largest absolute Gasteiger partial charge is 0.462 e. The van der Waals surface area contributed by atoms with E-state index >= 15 is 0 Å². The van der Waals surface area contributed by atoms with Gasteiger partial charge in [0, 0.05) is 30.1 Å². The van der Waals surface area contributed by atoms with Crippen molar-refractivity contribution >= 4 is 21.3 Å². The van der Waals surface area contributed by atoms with Gasteiger partial charge in [0.15, 0.2) is 9.84 Å². The van der Waals surface area contributed by atoms with Crippen LogP contribution in [0.3, 0.4) is 0 Å². The van der Waals surface area contributed by atoms with Crippen molar-refractivity contribution in [1.82, 2.24) is 4.40 Å². The molecule has 3 aromatic rings. The number of hydrogen-bond acceptors (Lipinski definition) is 5. The van der Waals surface area contributed by atoms with Crippen LogP contribution in [0.25, 0.3) is 5.52 Å². The summed E-state index contributed by atoms with van der Waals surface area (Å²) in [6, 6.07) is 11.9. The third-order valence-electron chi connectivity index (χ3n) is 4.61. The first-order valence-corrected chi connectivity index (χ1v) is 10.7. The third-order valence-corrected chi connectivity index (χ3v) is 5.73. The molecule has 0 amide bonds. The molecule has 0 bridgehead atoms. The van der Waals surface area contributed by atoms with Crippen LogP contribution in [-0.2, 0) is 21.0 Å². The van der Waals surface area contributed by atoms with E-state index in [1.165, 1.54) is 12.1 Å². The Labute approximate surface area is 163 Å².